The molecular formula is C29H27As2Cl. The third-order valence-electron chi connectivity index (χ3n) is 6.52. The van der Waals surface area contributed by atoms with Crippen LogP contribution in [0.2, 0.25) is 5.21 Å². The SMILES string of the molecule is Cl[As]1CCCC(c2ccccc2)C(c2ccccc2)(c2ccccc2)[As]1c1ccccc1. The van der Waals surface area contributed by atoms with E-state index >= 15 is 0 Å². The van der Waals surface area contributed by atoms with E-state index in [0.29, 0.717) is 5.92 Å². The minimum absolute atomic E-state index is 0.0591. The van der Waals surface area contributed by atoms with Crippen LogP contribution in [0.25, 0.3) is 0 Å². The Bertz CT molecular complexity index is 1080. The molecule has 5 rings (SSSR count). The Kier molecular flexibility index (Phi) is 6.94. The number of halogens is 1. The molecule has 3 atom stereocenters. The molecule has 4 aromatic carbocycles. The Morgan fingerprint density at radius 3 is 1.62 bits per heavy atom. The van der Waals surface area contributed by atoms with Crippen molar-refractivity contribution in [2.75, 3.05) is 0 Å². The predicted octanol–water partition coefficient (Wildman–Crippen LogP) is 6.80. The van der Waals surface area contributed by atoms with Gasteiger partial charge in [-0.1, -0.05) is 0 Å². The van der Waals surface area contributed by atoms with Gasteiger partial charge in [-0.25, -0.2) is 0 Å². The molecule has 3 unspecified atom stereocenters. The van der Waals surface area contributed by atoms with E-state index in [2.05, 4.69) is 121 Å². The maximum absolute atomic E-state index is 7.57. The molecule has 0 amide bonds. The second-order valence-corrected chi connectivity index (χ2v) is 29.0. The molecule has 0 nitrogen and oxygen atoms in total. The zero-order chi connectivity index (χ0) is 21.8. The van der Waals surface area contributed by atoms with Gasteiger partial charge in [-0.05, 0) is 0 Å². The fraction of sp³-hybridized carbons (Fsp3) is 0.172. The van der Waals surface area contributed by atoms with Gasteiger partial charge in [0, 0.05) is 0 Å². The van der Waals surface area contributed by atoms with E-state index in [-0.39, 0.29) is 4.20 Å². The van der Waals surface area contributed by atoms with Crippen molar-refractivity contribution in [1.82, 2.24) is 0 Å². The Hall–Kier alpha value is -1.71. The van der Waals surface area contributed by atoms with E-state index in [1.165, 1.54) is 39.1 Å². The molecule has 0 saturated carbocycles. The molecule has 0 aromatic heterocycles. The van der Waals surface area contributed by atoms with Crippen LogP contribution in [-0.2, 0) is 4.20 Å². The first-order valence-electron chi connectivity index (χ1n) is 11.3. The molecule has 3 heteroatoms. The Morgan fingerprint density at radius 1 is 0.625 bits per heavy atom. The molecule has 1 fully saturated rings. The van der Waals surface area contributed by atoms with Crippen molar-refractivity contribution in [3.63, 3.8) is 0 Å². The second-order valence-electron chi connectivity index (χ2n) is 8.31. The number of hydrogen-bond donors (Lipinski definition) is 0. The quantitative estimate of drug-likeness (QED) is 0.241. The van der Waals surface area contributed by atoms with Gasteiger partial charge in [0.1, 0.15) is 0 Å². The molecule has 4 aromatic rings. The maximum atomic E-state index is 7.57. The van der Waals surface area contributed by atoms with E-state index in [4.69, 9.17) is 9.95 Å². The summed E-state index contributed by atoms with van der Waals surface area (Å²) in [5, 5.41) is 1.23. The summed E-state index contributed by atoms with van der Waals surface area (Å²) in [7, 11) is 7.57. The van der Waals surface area contributed by atoms with Crippen molar-refractivity contribution in [2.45, 2.75) is 28.2 Å². The average molecular weight is 561 g/mol. The Labute approximate surface area is 203 Å². The molecule has 0 N–H and O–H groups in total. The summed E-state index contributed by atoms with van der Waals surface area (Å²) >= 11 is -3.32. The first kappa shape index (κ1) is 22.1. The minimum atomic E-state index is -1.74. The predicted molar refractivity (Wildman–Crippen MR) is 140 cm³/mol. The first-order valence-corrected chi connectivity index (χ1v) is 22.1. The summed E-state index contributed by atoms with van der Waals surface area (Å²) in [5.74, 6) is 0.423. The first-order chi connectivity index (χ1) is 15.8. The van der Waals surface area contributed by atoms with E-state index < -0.39 is 24.2 Å². The zero-order valence-corrected chi connectivity index (χ0v) is 22.5. The van der Waals surface area contributed by atoms with Crippen LogP contribution in [0.3, 0.4) is 0 Å². The van der Waals surface area contributed by atoms with Gasteiger partial charge < -0.3 is 0 Å². The second kappa shape index (κ2) is 10.1. The summed E-state index contributed by atoms with van der Waals surface area (Å²) in [6.07, 6.45) is 2.41. The van der Waals surface area contributed by atoms with E-state index in [1.807, 2.05) is 0 Å². The topological polar surface area (TPSA) is 0 Å². The average Bonchev–Trinajstić information content (AvgIpc) is 3.03. The fourth-order valence-corrected chi connectivity index (χ4v) is 34.4. The van der Waals surface area contributed by atoms with Crippen LogP contribution in [0.15, 0.2) is 121 Å². The Balaban J connectivity index is 1.89. The number of benzene rings is 4. The van der Waals surface area contributed by atoms with Gasteiger partial charge in [-0.15, -0.1) is 0 Å². The third kappa shape index (κ3) is 4.03. The Morgan fingerprint density at radius 2 is 1.09 bits per heavy atom. The van der Waals surface area contributed by atoms with E-state index in [0.717, 1.165) is 0 Å². The van der Waals surface area contributed by atoms with Crippen molar-refractivity contribution in [1.29, 1.82) is 0 Å². The molecule has 1 aliphatic rings. The molecule has 32 heavy (non-hydrogen) atoms. The molecule has 0 aliphatic carbocycles. The molecule has 1 aliphatic heterocycles. The normalized spacial score (nSPS) is 22.7. The van der Waals surface area contributed by atoms with Gasteiger partial charge in [0.15, 0.2) is 0 Å². The van der Waals surface area contributed by atoms with Crippen LogP contribution in [0.4, 0.5) is 0 Å². The molecular weight excluding hydrogens is 534 g/mol. The van der Waals surface area contributed by atoms with Crippen molar-refractivity contribution < 1.29 is 0 Å². The molecule has 1 saturated heterocycles. The van der Waals surface area contributed by atoms with Gasteiger partial charge in [-0.3, -0.25) is 0 Å². The molecule has 160 valence electrons. The van der Waals surface area contributed by atoms with E-state index in [1.54, 1.807) is 0 Å². The molecule has 0 spiro atoms. The van der Waals surface area contributed by atoms with Crippen LogP contribution >= 0.6 is 9.95 Å². The van der Waals surface area contributed by atoms with E-state index in [9.17, 15) is 0 Å². The fourth-order valence-electron chi connectivity index (χ4n) is 5.24. The van der Waals surface area contributed by atoms with Gasteiger partial charge in [0.2, 0.25) is 0 Å². The van der Waals surface area contributed by atoms with Crippen molar-refractivity contribution in [3.05, 3.63) is 138 Å². The standard InChI is InChI=1S/C29H27As2Cl/c32-30-23-13-22-28(24-14-5-1-6-15-24)29(25-16-7-2-8-17-25,26-18-9-3-10-19-26)31(30)27-20-11-4-12-21-27/h1-12,14-21,28H,13,22-23H2. The van der Waals surface area contributed by atoms with Gasteiger partial charge in [0.25, 0.3) is 0 Å². The summed E-state index contributed by atoms with van der Waals surface area (Å²) in [5.41, 5.74) is 4.35. The van der Waals surface area contributed by atoms with Gasteiger partial charge in [0.05, 0.1) is 0 Å². The van der Waals surface area contributed by atoms with Crippen molar-refractivity contribution in [2.24, 2.45) is 0 Å². The van der Waals surface area contributed by atoms with Gasteiger partial charge in [-0.2, -0.15) is 0 Å². The molecule has 0 radical (unpaired) electrons. The zero-order valence-electron chi connectivity index (χ0n) is 18.0. The third-order valence-corrected chi connectivity index (χ3v) is 31.5. The number of rotatable bonds is 4. The molecule has 0 bridgehead atoms. The summed E-state index contributed by atoms with van der Waals surface area (Å²) in [6, 6.07) is 45.2. The van der Waals surface area contributed by atoms with Crippen LogP contribution < -0.4 is 4.35 Å². The van der Waals surface area contributed by atoms with Crippen LogP contribution in [-0.4, -0.2) is 24.2 Å². The van der Waals surface area contributed by atoms with Crippen molar-refractivity contribution in [3.8, 4) is 0 Å². The molecule has 1 heterocycles. The van der Waals surface area contributed by atoms with Crippen LogP contribution in [0.1, 0.15) is 35.4 Å². The summed E-state index contributed by atoms with van der Waals surface area (Å²) in [4.78, 5) is 0. The van der Waals surface area contributed by atoms with Crippen molar-refractivity contribution >= 4 is 38.5 Å². The summed E-state index contributed by atoms with van der Waals surface area (Å²) in [6.45, 7) is 0. The number of hydrogen-bond acceptors (Lipinski definition) is 0. The van der Waals surface area contributed by atoms with Gasteiger partial charge >= 0.3 is 205 Å². The summed E-state index contributed by atoms with van der Waals surface area (Å²) < 4.78 is 1.47. The van der Waals surface area contributed by atoms with Crippen LogP contribution in [0, 0.1) is 0 Å². The monoisotopic (exact) mass is 560 g/mol. The van der Waals surface area contributed by atoms with Crippen LogP contribution in [0.5, 0.6) is 0 Å².